The van der Waals surface area contributed by atoms with Gasteiger partial charge in [0.25, 0.3) is 0 Å². The Morgan fingerprint density at radius 2 is 1.73 bits per heavy atom. The average Bonchev–Trinajstić information content (AvgIpc) is 3.21. The molecule has 1 aromatic rings. The maximum absolute atomic E-state index is 12.6. The Labute approximate surface area is 155 Å². The summed E-state index contributed by atoms with van der Waals surface area (Å²) >= 11 is 0. The van der Waals surface area contributed by atoms with Crippen molar-refractivity contribution in [3.05, 3.63) is 24.3 Å². The van der Waals surface area contributed by atoms with Crippen molar-refractivity contribution in [1.82, 2.24) is 9.80 Å². The van der Waals surface area contributed by atoms with Crippen molar-refractivity contribution < 1.29 is 14.3 Å². The van der Waals surface area contributed by atoms with E-state index in [1.165, 1.54) is 0 Å². The number of nitrogens with zero attached hydrogens (tertiary/aromatic N) is 2. The highest BCUT2D eigenvalue weighted by Gasteiger charge is 2.30. The van der Waals surface area contributed by atoms with Crippen molar-refractivity contribution in [2.24, 2.45) is 5.92 Å². The topological polar surface area (TPSA) is 61.9 Å². The predicted octanol–water partition coefficient (Wildman–Crippen LogP) is 3.34. The fraction of sp³-hybridized carbons (Fsp3) is 0.600. The van der Waals surface area contributed by atoms with Gasteiger partial charge in [-0.15, -0.1) is 0 Å². The van der Waals surface area contributed by atoms with Crippen molar-refractivity contribution in [3.63, 3.8) is 0 Å². The zero-order chi connectivity index (χ0) is 18.4. The van der Waals surface area contributed by atoms with Crippen LogP contribution < -0.4 is 10.1 Å². The summed E-state index contributed by atoms with van der Waals surface area (Å²) in [6.45, 7) is 5.73. The van der Waals surface area contributed by atoms with Crippen molar-refractivity contribution in [2.75, 3.05) is 38.1 Å². The molecule has 2 aliphatic heterocycles. The van der Waals surface area contributed by atoms with Crippen molar-refractivity contribution in [3.8, 4) is 5.75 Å². The lowest BCUT2D eigenvalue weighted by atomic mass is 9.96. The van der Waals surface area contributed by atoms with Crippen LogP contribution in [0.5, 0.6) is 5.75 Å². The first kappa shape index (κ1) is 18.5. The van der Waals surface area contributed by atoms with Gasteiger partial charge in [0, 0.05) is 32.1 Å². The molecule has 1 N–H and O–H groups in total. The number of urea groups is 1. The van der Waals surface area contributed by atoms with Crippen LogP contribution in [0.1, 0.15) is 39.0 Å². The lowest BCUT2D eigenvalue weighted by molar-refractivity contribution is -0.121. The number of benzene rings is 1. The van der Waals surface area contributed by atoms with Gasteiger partial charge >= 0.3 is 6.03 Å². The van der Waals surface area contributed by atoms with Crippen LogP contribution in [0, 0.1) is 5.92 Å². The number of ether oxygens (including phenoxy) is 1. The standard InChI is InChI=1S/C20H29N3O3/c1-2-15-26-18-8-4-3-7-17(18)21-19(24)16-9-13-23(14-10-16)20(25)22-11-5-6-12-22/h3-4,7-8,16H,2,5-6,9-15H2,1H3,(H,21,24). The molecule has 2 aliphatic rings. The number of likely N-dealkylation sites (tertiary alicyclic amines) is 2. The predicted molar refractivity (Wildman–Crippen MR) is 101 cm³/mol. The molecular weight excluding hydrogens is 330 g/mol. The van der Waals surface area contributed by atoms with E-state index in [4.69, 9.17) is 4.74 Å². The summed E-state index contributed by atoms with van der Waals surface area (Å²) in [4.78, 5) is 28.9. The minimum absolute atomic E-state index is 0.0193. The minimum atomic E-state index is -0.0585. The lowest BCUT2D eigenvalue weighted by Crippen LogP contribution is -2.47. The van der Waals surface area contributed by atoms with Gasteiger partial charge in [-0.25, -0.2) is 4.79 Å². The van der Waals surface area contributed by atoms with Crippen LogP contribution in [-0.4, -0.2) is 54.5 Å². The van der Waals surface area contributed by atoms with Crippen LogP contribution in [-0.2, 0) is 4.79 Å². The molecule has 3 amide bonds. The second-order valence-electron chi connectivity index (χ2n) is 7.07. The molecule has 6 nitrogen and oxygen atoms in total. The number of rotatable bonds is 5. The Kier molecular flexibility index (Phi) is 6.36. The second-order valence-corrected chi connectivity index (χ2v) is 7.07. The quantitative estimate of drug-likeness (QED) is 0.877. The van der Waals surface area contributed by atoms with E-state index < -0.39 is 0 Å². The molecule has 26 heavy (non-hydrogen) atoms. The Morgan fingerprint density at radius 3 is 2.42 bits per heavy atom. The van der Waals surface area contributed by atoms with Gasteiger partial charge < -0.3 is 19.9 Å². The SMILES string of the molecule is CCCOc1ccccc1NC(=O)C1CCN(C(=O)N2CCCC2)CC1. The number of nitrogens with one attached hydrogen (secondary N) is 1. The maximum atomic E-state index is 12.6. The zero-order valence-corrected chi connectivity index (χ0v) is 15.6. The van der Waals surface area contributed by atoms with Crippen LogP contribution in [0.3, 0.4) is 0 Å². The average molecular weight is 359 g/mol. The van der Waals surface area contributed by atoms with E-state index in [2.05, 4.69) is 12.2 Å². The third-order valence-corrected chi connectivity index (χ3v) is 5.12. The molecular formula is C20H29N3O3. The largest absolute Gasteiger partial charge is 0.491 e. The van der Waals surface area contributed by atoms with E-state index in [0.29, 0.717) is 38.3 Å². The Balaban J connectivity index is 1.52. The van der Waals surface area contributed by atoms with Crippen LogP contribution in [0.15, 0.2) is 24.3 Å². The van der Waals surface area contributed by atoms with Crippen LogP contribution in [0.25, 0.3) is 0 Å². The maximum Gasteiger partial charge on any atom is 0.319 e. The molecule has 2 saturated heterocycles. The molecule has 2 fully saturated rings. The minimum Gasteiger partial charge on any atom is -0.491 e. The molecule has 1 aromatic carbocycles. The van der Waals surface area contributed by atoms with Gasteiger partial charge in [0.05, 0.1) is 12.3 Å². The highest BCUT2D eigenvalue weighted by molar-refractivity contribution is 5.94. The van der Waals surface area contributed by atoms with Crippen molar-refractivity contribution in [1.29, 1.82) is 0 Å². The van der Waals surface area contributed by atoms with Gasteiger partial charge in [-0.05, 0) is 44.2 Å². The highest BCUT2D eigenvalue weighted by atomic mass is 16.5. The van der Waals surface area contributed by atoms with Gasteiger partial charge in [-0.2, -0.15) is 0 Å². The molecule has 6 heteroatoms. The molecule has 0 saturated carbocycles. The summed E-state index contributed by atoms with van der Waals surface area (Å²) in [6.07, 6.45) is 4.55. The molecule has 0 unspecified atom stereocenters. The molecule has 3 rings (SSSR count). The Hall–Kier alpha value is -2.24. The fourth-order valence-corrected chi connectivity index (χ4v) is 3.58. The molecule has 2 heterocycles. The monoisotopic (exact) mass is 359 g/mol. The van der Waals surface area contributed by atoms with E-state index >= 15 is 0 Å². The smallest absolute Gasteiger partial charge is 0.319 e. The van der Waals surface area contributed by atoms with E-state index in [-0.39, 0.29) is 17.9 Å². The number of piperidine rings is 1. The van der Waals surface area contributed by atoms with Gasteiger partial charge in [-0.1, -0.05) is 19.1 Å². The summed E-state index contributed by atoms with van der Waals surface area (Å²) in [5.41, 5.74) is 0.724. The van der Waals surface area contributed by atoms with E-state index in [9.17, 15) is 9.59 Å². The number of carbonyl (C=O) groups excluding carboxylic acids is 2. The van der Waals surface area contributed by atoms with Gasteiger partial charge in [0.1, 0.15) is 5.75 Å². The fourth-order valence-electron chi connectivity index (χ4n) is 3.58. The van der Waals surface area contributed by atoms with Gasteiger partial charge in [-0.3, -0.25) is 4.79 Å². The first-order chi connectivity index (χ1) is 12.7. The van der Waals surface area contributed by atoms with Crippen LogP contribution in [0.2, 0.25) is 0 Å². The molecule has 0 aromatic heterocycles. The lowest BCUT2D eigenvalue weighted by Gasteiger charge is -2.34. The summed E-state index contributed by atoms with van der Waals surface area (Å²) in [5, 5.41) is 3.01. The van der Waals surface area contributed by atoms with Crippen molar-refractivity contribution >= 4 is 17.6 Å². The molecule has 0 aliphatic carbocycles. The molecule has 0 bridgehead atoms. The third kappa shape index (κ3) is 4.48. The Bertz CT molecular complexity index is 620. The van der Waals surface area contributed by atoms with Gasteiger partial charge in [0.15, 0.2) is 0 Å². The summed E-state index contributed by atoms with van der Waals surface area (Å²) in [5.74, 6) is 0.673. The molecule has 142 valence electrons. The van der Waals surface area contributed by atoms with E-state index in [1.54, 1.807) is 0 Å². The van der Waals surface area contributed by atoms with Crippen LogP contribution in [0.4, 0.5) is 10.5 Å². The normalized spacial score (nSPS) is 18.0. The van der Waals surface area contributed by atoms with Crippen molar-refractivity contribution in [2.45, 2.75) is 39.0 Å². The molecule has 0 atom stereocenters. The molecule has 0 spiro atoms. The number of hydrogen-bond acceptors (Lipinski definition) is 3. The number of anilines is 1. The van der Waals surface area contributed by atoms with E-state index in [1.807, 2.05) is 34.1 Å². The van der Waals surface area contributed by atoms with E-state index in [0.717, 1.165) is 38.0 Å². The first-order valence-corrected chi connectivity index (χ1v) is 9.75. The summed E-state index contributed by atoms with van der Waals surface area (Å²) in [6, 6.07) is 7.69. The number of amides is 3. The van der Waals surface area contributed by atoms with Gasteiger partial charge in [0.2, 0.25) is 5.91 Å². The summed E-state index contributed by atoms with van der Waals surface area (Å²) in [7, 11) is 0. The summed E-state index contributed by atoms with van der Waals surface area (Å²) < 4.78 is 5.71. The number of para-hydroxylation sites is 2. The zero-order valence-electron chi connectivity index (χ0n) is 15.6. The number of hydrogen-bond donors (Lipinski definition) is 1. The van der Waals surface area contributed by atoms with Crippen LogP contribution >= 0.6 is 0 Å². The second kappa shape index (κ2) is 8.92. The molecule has 0 radical (unpaired) electrons. The first-order valence-electron chi connectivity index (χ1n) is 9.75. The third-order valence-electron chi connectivity index (χ3n) is 5.12. The Morgan fingerprint density at radius 1 is 1.08 bits per heavy atom. The number of carbonyl (C=O) groups is 2. The highest BCUT2D eigenvalue weighted by Crippen LogP contribution is 2.27.